The van der Waals surface area contributed by atoms with Crippen molar-refractivity contribution in [1.29, 1.82) is 0 Å². The summed E-state index contributed by atoms with van der Waals surface area (Å²) in [6, 6.07) is 13.8. The average molecular weight is 453 g/mol. The van der Waals surface area contributed by atoms with Crippen LogP contribution in [0, 0.1) is 6.92 Å². The molecule has 1 aliphatic carbocycles. The molecule has 3 fully saturated rings. The number of aliphatic hydroxyl groups is 1. The van der Waals surface area contributed by atoms with Gasteiger partial charge in [-0.1, -0.05) is 12.1 Å². The molecule has 33 heavy (non-hydrogen) atoms. The average Bonchev–Trinajstić information content (AvgIpc) is 3.42. The first-order valence-corrected chi connectivity index (χ1v) is 12.2. The van der Waals surface area contributed by atoms with Crippen molar-refractivity contribution in [3.05, 3.63) is 53.6 Å². The predicted molar refractivity (Wildman–Crippen MR) is 130 cm³/mol. The van der Waals surface area contributed by atoms with E-state index in [0.29, 0.717) is 24.8 Å². The van der Waals surface area contributed by atoms with Crippen LogP contribution in [-0.2, 0) is 4.79 Å². The zero-order valence-corrected chi connectivity index (χ0v) is 19.6. The van der Waals surface area contributed by atoms with Gasteiger partial charge in [-0.15, -0.1) is 0 Å². The second kappa shape index (κ2) is 11.0. The first-order valence-electron chi connectivity index (χ1n) is 12.2. The van der Waals surface area contributed by atoms with Crippen LogP contribution in [0.1, 0.15) is 55.6 Å². The summed E-state index contributed by atoms with van der Waals surface area (Å²) in [7, 11) is 0. The lowest BCUT2D eigenvalue weighted by Crippen LogP contribution is -2.35. The minimum atomic E-state index is 0.210. The number of aryl methyl sites for hydroxylation is 1. The Labute approximate surface area is 196 Å². The van der Waals surface area contributed by atoms with Crippen molar-refractivity contribution >= 4 is 11.6 Å². The number of aliphatic hydroxyl groups excluding tert-OH is 1. The summed E-state index contributed by atoms with van der Waals surface area (Å²) in [5.41, 5.74) is 3.40. The Morgan fingerprint density at radius 2 is 1.82 bits per heavy atom. The number of nitrogens with zero attached hydrogens (tertiary/aromatic N) is 2. The molecule has 2 aromatic rings. The molecule has 1 atom stereocenters. The molecule has 0 bridgehead atoms. The van der Waals surface area contributed by atoms with Gasteiger partial charge in [0, 0.05) is 31.2 Å². The maximum atomic E-state index is 11.8. The summed E-state index contributed by atoms with van der Waals surface area (Å²) < 4.78 is 5.91. The number of amides is 1. The van der Waals surface area contributed by atoms with Gasteiger partial charge in [-0.3, -0.25) is 9.69 Å². The first kappa shape index (κ1) is 23.6. The number of phenolic OH excluding ortho intramolecular Hbond substituents is 1. The van der Waals surface area contributed by atoms with Crippen LogP contribution >= 0.6 is 0 Å². The summed E-state index contributed by atoms with van der Waals surface area (Å²) >= 11 is 0. The number of carbonyl (C=O) groups excluding carboxylic acids is 1. The van der Waals surface area contributed by atoms with Gasteiger partial charge in [0.25, 0.3) is 0 Å². The van der Waals surface area contributed by atoms with Crippen LogP contribution in [-0.4, -0.2) is 59.9 Å². The molecule has 2 aromatic carbocycles. The number of benzene rings is 2. The molecule has 2 aliphatic heterocycles. The van der Waals surface area contributed by atoms with Gasteiger partial charge in [0.2, 0.25) is 5.91 Å². The van der Waals surface area contributed by atoms with Crippen LogP contribution in [0.25, 0.3) is 0 Å². The first-order chi connectivity index (χ1) is 16.0. The monoisotopic (exact) mass is 452 g/mol. The molecule has 0 spiro atoms. The highest BCUT2D eigenvalue weighted by atomic mass is 16.5. The van der Waals surface area contributed by atoms with Gasteiger partial charge in [-0.2, -0.15) is 0 Å². The quantitative estimate of drug-likeness (QED) is 0.658. The lowest BCUT2D eigenvalue weighted by Gasteiger charge is -2.23. The molecular weight excluding hydrogens is 416 g/mol. The van der Waals surface area contributed by atoms with Crippen LogP contribution in [0.5, 0.6) is 11.5 Å². The number of likely N-dealkylation sites (tertiary alicyclic amines) is 1. The normalized spacial score (nSPS) is 20.6. The minimum Gasteiger partial charge on any atom is -0.508 e. The molecule has 2 heterocycles. The van der Waals surface area contributed by atoms with E-state index in [0.717, 1.165) is 61.8 Å². The summed E-state index contributed by atoms with van der Waals surface area (Å²) in [5.74, 6) is 2.24. The van der Waals surface area contributed by atoms with Crippen molar-refractivity contribution in [1.82, 2.24) is 4.90 Å². The van der Waals surface area contributed by atoms with Gasteiger partial charge in [0.15, 0.2) is 0 Å². The summed E-state index contributed by atoms with van der Waals surface area (Å²) in [5, 5.41) is 18.3. The van der Waals surface area contributed by atoms with Gasteiger partial charge in [-0.05, 0) is 92.9 Å². The molecule has 1 saturated carbocycles. The molecule has 178 valence electrons. The molecule has 3 aliphatic rings. The zero-order valence-electron chi connectivity index (χ0n) is 19.6. The minimum absolute atomic E-state index is 0.210. The molecule has 5 rings (SSSR count). The number of hydrogen-bond donors (Lipinski definition) is 2. The number of hydrogen-bond acceptors (Lipinski definition) is 5. The summed E-state index contributed by atoms with van der Waals surface area (Å²) in [4.78, 5) is 16.0. The summed E-state index contributed by atoms with van der Waals surface area (Å²) in [6.45, 7) is 5.58. The number of ether oxygens (including phenoxy) is 1. The Balaban J connectivity index is 0.000000214. The smallest absolute Gasteiger partial charge is 0.227 e. The van der Waals surface area contributed by atoms with Crippen LogP contribution in [0.3, 0.4) is 0 Å². The van der Waals surface area contributed by atoms with Gasteiger partial charge in [-0.25, -0.2) is 0 Å². The van der Waals surface area contributed by atoms with E-state index in [-0.39, 0.29) is 12.5 Å². The van der Waals surface area contributed by atoms with Gasteiger partial charge in [0.05, 0.1) is 6.61 Å². The van der Waals surface area contributed by atoms with E-state index in [1.807, 2.05) is 42.2 Å². The molecule has 1 amide bonds. The third kappa shape index (κ3) is 6.27. The SMILES string of the molecule is Cc1cc(N2CCCC2=O)ccc1OCCN1CCC[C@@H]1CO.Oc1ccc(C2CC2)cc1. The van der Waals surface area contributed by atoms with E-state index in [9.17, 15) is 9.90 Å². The molecule has 6 nitrogen and oxygen atoms in total. The molecule has 6 heteroatoms. The fraction of sp³-hybridized carbons (Fsp3) is 0.519. The Morgan fingerprint density at radius 1 is 1.03 bits per heavy atom. The highest BCUT2D eigenvalue weighted by molar-refractivity contribution is 5.95. The molecular formula is C27H36N2O4. The zero-order chi connectivity index (χ0) is 23.2. The van der Waals surface area contributed by atoms with Crippen molar-refractivity contribution in [3.8, 4) is 11.5 Å². The van der Waals surface area contributed by atoms with E-state index in [1.54, 1.807) is 12.1 Å². The maximum Gasteiger partial charge on any atom is 0.227 e. The van der Waals surface area contributed by atoms with Crippen molar-refractivity contribution < 1.29 is 19.7 Å². The van der Waals surface area contributed by atoms with Crippen molar-refractivity contribution in [2.45, 2.75) is 57.4 Å². The van der Waals surface area contributed by atoms with Crippen LogP contribution in [0.2, 0.25) is 0 Å². The highest BCUT2D eigenvalue weighted by Crippen LogP contribution is 2.40. The third-order valence-corrected chi connectivity index (χ3v) is 6.83. The number of carbonyl (C=O) groups is 1. The maximum absolute atomic E-state index is 11.8. The lowest BCUT2D eigenvalue weighted by atomic mass is 10.1. The molecule has 2 N–H and O–H groups in total. The Hall–Kier alpha value is -2.57. The van der Waals surface area contributed by atoms with Gasteiger partial charge in [0.1, 0.15) is 18.1 Å². The molecule has 2 saturated heterocycles. The van der Waals surface area contributed by atoms with E-state index < -0.39 is 0 Å². The van der Waals surface area contributed by atoms with E-state index in [1.165, 1.54) is 18.4 Å². The fourth-order valence-electron chi connectivity index (χ4n) is 4.72. The van der Waals surface area contributed by atoms with E-state index in [2.05, 4.69) is 4.90 Å². The molecule has 0 aromatic heterocycles. The van der Waals surface area contributed by atoms with Crippen LogP contribution in [0.4, 0.5) is 5.69 Å². The molecule has 0 radical (unpaired) electrons. The topological polar surface area (TPSA) is 73.2 Å². The summed E-state index contributed by atoms with van der Waals surface area (Å²) in [6.07, 6.45) is 6.48. The second-order valence-electron chi connectivity index (χ2n) is 9.33. The van der Waals surface area contributed by atoms with Gasteiger partial charge >= 0.3 is 0 Å². The van der Waals surface area contributed by atoms with Crippen LogP contribution < -0.4 is 9.64 Å². The standard InChI is InChI=1S/C18H26N2O3.C9H10O/c1-14-12-15(20-9-3-5-18(20)22)6-7-17(14)23-11-10-19-8-2-4-16(19)13-21;10-9-5-3-8(4-6-9)7-1-2-7/h6-7,12,16,21H,2-5,8-11,13H2,1H3;3-7,10H,1-2H2/t16-;/m1./s1. The fourth-order valence-corrected chi connectivity index (χ4v) is 4.72. The number of anilines is 1. The largest absolute Gasteiger partial charge is 0.508 e. The second-order valence-corrected chi connectivity index (χ2v) is 9.33. The van der Waals surface area contributed by atoms with Crippen molar-refractivity contribution in [2.75, 3.05) is 37.7 Å². The van der Waals surface area contributed by atoms with E-state index in [4.69, 9.17) is 9.84 Å². The van der Waals surface area contributed by atoms with Gasteiger partial charge < -0.3 is 19.8 Å². The van der Waals surface area contributed by atoms with Crippen LogP contribution in [0.15, 0.2) is 42.5 Å². The van der Waals surface area contributed by atoms with Crippen molar-refractivity contribution in [2.24, 2.45) is 0 Å². The number of rotatable bonds is 7. The van der Waals surface area contributed by atoms with E-state index >= 15 is 0 Å². The third-order valence-electron chi connectivity index (χ3n) is 6.83. The number of aromatic hydroxyl groups is 1. The molecule has 0 unspecified atom stereocenters. The van der Waals surface area contributed by atoms with Crippen molar-refractivity contribution in [3.63, 3.8) is 0 Å². The highest BCUT2D eigenvalue weighted by Gasteiger charge is 2.24. The Morgan fingerprint density at radius 3 is 2.45 bits per heavy atom. The Bertz CT molecular complexity index is 926. The lowest BCUT2D eigenvalue weighted by molar-refractivity contribution is -0.117. The Kier molecular flexibility index (Phi) is 7.89. The predicted octanol–water partition coefficient (Wildman–Crippen LogP) is 4.23. The number of phenols is 1.